The van der Waals surface area contributed by atoms with E-state index in [1.807, 2.05) is 20.8 Å². The molecule has 51 heavy (non-hydrogen) atoms. The van der Waals surface area contributed by atoms with Gasteiger partial charge in [0.2, 0.25) is 0 Å². The highest BCUT2D eigenvalue weighted by Crippen LogP contribution is 2.53. The highest BCUT2D eigenvalue weighted by atomic mass is 32.2. The van der Waals surface area contributed by atoms with Gasteiger partial charge in [0.25, 0.3) is 0 Å². The molecule has 0 aliphatic rings. The predicted octanol–water partition coefficient (Wildman–Crippen LogP) is 10.2. The highest BCUT2D eigenvalue weighted by molar-refractivity contribution is 8.13. The van der Waals surface area contributed by atoms with Crippen LogP contribution in [0.5, 0.6) is 0 Å². The van der Waals surface area contributed by atoms with Crippen molar-refractivity contribution in [3.05, 3.63) is 0 Å². The molecule has 0 rings (SSSR count). The summed E-state index contributed by atoms with van der Waals surface area (Å²) in [6, 6.07) is 2.39. The van der Waals surface area contributed by atoms with Gasteiger partial charge >= 0.3 is 0 Å². The molecule has 0 amide bonds. The maximum atomic E-state index is 12.0. The number of rotatable bonds is 29. The molecule has 0 bridgehead atoms. The van der Waals surface area contributed by atoms with E-state index >= 15 is 0 Å². The van der Waals surface area contributed by atoms with Gasteiger partial charge in [-0.25, -0.2) is 18.7 Å². The average molecular weight is 801 g/mol. The summed E-state index contributed by atoms with van der Waals surface area (Å²) in [7, 11) is -2.14. The summed E-state index contributed by atoms with van der Waals surface area (Å²) >= 11 is 2.47. The Bertz CT molecular complexity index is 920. The number of hydrogen-bond acceptors (Lipinski definition) is 12. The van der Waals surface area contributed by atoms with Gasteiger partial charge in [-0.3, -0.25) is 9.59 Å². The normalized spacial score (nSPS) is 15.4. The number of thioether (sulfide) groups is 2. The fraction of sp³-hybridized carbons (Fsp3) is 0.946. The lowest BCUT2D eigenvalue weighted by Gasteiger charge is -2.48. The van der Waals surface area contributed by atoms with Crippen LogP contribution in [-0.2, 0) is 28.1 Å². The summed E-state index contributed by atoms with van der Waals surface area (Å²) in [4.78, 5) is 23.7. The minimum absolute atomic E-state index is 0.00148. The minimum atomic E-state index is -1.07. The van der Waals surface area contributed by atoms with Crippen molar-refractivity contribution in [3.8, 4) is 0 Å². The molecule has 0 aliphatic heterocycles. The first kappa shape index (κ1) is 51.6. The van der Waals surface area contributed by atoms with Gasteiger partial charge in [-0.15, -0.1) is 0 Å². The second kappa shape index (κ2) is 28.0. The summed E-state index contributed by atoms with van der Waals surface area (Å²) in [6.45, 7) is 39.4. The molecule has 0 radical (unpaired) electrons. The molecule has 14 heteroatoms. The number of ether oxygens (including phenoxy) is 2. The molecule has 0 saturated heterocycles. The molecule has 0 N–H and O–H groups in total. The molecule has 0 aliphatic carbocycles. The van der Waals surface area contributed by atoms with Crippen molar-refractivity contribution in [1.82, 2.24) is 18.7 Å². The Labute approximate surface area is 325 Å². The van der Waals surface area contributed by atoms with Crippen LogP contribution in [0.1, 0.15) is 137 Å². The molecular weight excluding hydrogens is 723 g/mol. The van der Waals surface area contributed by atoms with E-state index in [9.17, 15) is 9.59 Å². The van der Waals surface area contributed by atoms with Gasteiger partial charge in [0.1, 0.15) is 0 Å². The van der Waals surface area contributed by atoms with Crippen molar-refractivity contribution < 1.29 is 28.1 Å². The molecule has 0 fully saturated rings. The standard InChI is InChI=1S/C37H78N4O6P2S2/c1-18-36(42)50-25-44-21-23-46-48(38(28(4)5)29(6)7)40(32(12)13)34(16)19-20-35(17)41(33(14)15)49(39(30(8)9)31(10)11)47-24-22-45-26-51-37(43)27(2)3/h27-35H,18-26H2,1-17H3. The van der Waals surface area contributed by atoms with Gasteiger partial charge in [0.15, 0.2) is 27.1 Å². The SMILES string of the molecule is CCC(=O)SCOCCOP(N(C(C)C)C(C)C)N(C(C)C)C(C)CCC(C)N(C(C)C)P(OCCOCSC(=O)C(C)C)N(C(C)C)C(C)C. The van der Waals surface area contributed by atoms with Crippen LogP contribution in [0.2, 0.25) is 0 Å². The van der Waals surface area contributed by atoms with Crippen LogP contribution in [0.4, 0.5) is 0 Å². The third-order valence-corrected chi connectivity index (χ3v) is 16.0. The van der Waals surface area contributed by atoms with E-state index in [1.54, 1.807) is 0 Å². The van der Waals surface area contributed by atoms with Crippen molar-refractivity contribution in [2.24, 2.45) is 5.92 Å². The number of carbonyl (C=O) groups excluding carboxylic acids is 2. The maximum Gasteiger partial charge on any atom is 0.193 e. The fourth-order valence-corrected chi connectivity index (χ4v) is 11.9. The van der Waals surface area contributed by atoms with E-state index in [1.165, 1.54) is 23.5 Å². The van der Waals surface area contributed by atoms with E-state index in [4.69, 9.17) is 18.5 Å². The molecule has 304 valence electrons. The van der Waals surface area contributed by atoms with Crippen LogP contribution in [0.3, 0.4) is 0 Å². The first-order valence-electron chi connectivity index (χ1n) is 19.3. The molecular formula is C37H78N4O6P2S2. The van der Waals surface area contributed by atoms with E-state index in [2.05, 4.69) is 116 Å². The molecule has 0 spiro atoms. The Morgan fingerprint density at radius 1 is 0.510 bits per heavy atom. The van der Waals surface area contributed by atoms with Gasteiger partial charge < -0.3 is 18.5 Å². The fourth-order valence-electron chi connectivity index (χ4n) is 5.93. The zero-order valence-corrected chi connectivity index (χ0v) is 38.9. The average Bonchev–Trinajstić information content (AvgIpc) is 3.01. The minimum Gasteiger partial charge on any atom is -0.368 e. The first-order chi connectivity index (χ1) is 23.8. The summed E-state index contributed by atoms with van der Waals surface area (Å²) in [5.74, 6) is 0.721. The lowest BCUT2D eigenvalue weighted by atomic mass is 10.1. The van der Waals surface area contributed by atoms with Gasteiger partial charge in [0.05, 0.1) is 38.3 Å². The van der Waals surface area contributed by atoms with Gasteiger partial charge in [0, 0.05) is 60.7 Å². The zero-order chi connectivity index (χ0) is 39.4. The van der Waals surface area contributed by atoms with E-state index in [0.29, 0.717) is 68.9 Å². The Morgan fingerprint density at radius 2 is 0.843 bits per heavy atom. The van der Waals surface area contributed by atoms with Crippen LogP contribution in [0, 0.1) is 5.92 Å². The highest BCUT2D eigenvalue weighted by Gasteiger charge is 2.38. The molecule has 0 aromatic heterocycles. The summed E-state index contributed by atoms with van der Waals surface area (Å²) in [5.41, 5.74) is 0. The third kappa shape index (κ3) is 19.8. The van der Waals surface area contributed by atoms with Gasteiger partial charge in [-0.05, 0) is 110 Å². The van der Waals surface area contributed by atoms with Crippen molar-refractivity contribution in [3.63, 3.8) is 0 Å². The monoisotopic (exact) mass is 800 g/mol. The molecule has 0 aromatic rings. The summed E-state index contributed by atoms with van der Waals surface area (Å²) in [6.07, 6.45) is 2.54. The van der Waals surface area contributed by atoms with Crippen LogP contribution >= 0.6 is 40.4 Å². The van der Waals surface area contributed by atoms with Crippen LogP contribution in [-0.4, -0.2) is 116 Å². The smallest absolute Gasteiger partial charge is 0.193 e. The predicted molar refractivity (Wildman–Crippen MR) is 224 cm³/mol. The lowest BCUT2D eigenvalue weighted by molar-refractivity contribution is -0.113. The van der Waals surface area contributed by atoms with Crippen molar-refractivity contribution in [2.45, 2.75) is 185 Å². The molecule has 10 nitrogen and oxygen atoms in total. The van der Waals surface area contributed by atoms with Crippen molar-refractivity contribution in [1.29, 1.82) is 0 Å². The van der Waals surface area contributed by atoms with Gasteiger partial charge in [-0.1, -0.05) is 44.3 Å². The van der Waals surface area contributed by atoms with E-state index in [0.717, 1.165) is 12.8 Å². The zero-order valence-electron chi connectivity index (χ0n) is 35.5. The third-order valence-electron chi connectivity index (χ3n) is 8.09. The molecule has 4 unspecified atom stereocenters. The van der Waals surface area contributed by atoms with Crippen molar-refractivity contribution >= 4 is 50.7 Å². The molecule has 0 heterocycles. The Balaban J connectivity index is 5.99. The largest absolute Gasteiger partial charge is 0.368 e. The molecule has 0 saturated carbocycles. The van der Waals surface area contributed by atoms with Crippen LogP contribution in [0.15, 0.2) is 0 Å². The number of carbonyl (C=O) groups is 2. The Hall–Kier alpha value is 0.580. The van der Waals surface area contributed by atoms with Crippen LogP contribution < -0.4 is 0 Å². The van der Waals surface area contributed by atoms with Crippen molar-refractivity contribution in [2.75, 3.05) is 38.3 Å². The second-order valence-electron chi connectivity index (χ2n) is 15.1. The first-order valence-corrected chi connectivity index (χ1v) is 23.6. The van der Waals surface area contributed by atoms with E-state index < -0.39 is 16.9 Å². The summed E-state index contributed by atoms with van der Waals surface area (Å²) < 4.78 is 35.3. The quantitative estimate of drug-likeness (QED) is 0.0410. The Morgan fingerprint density at radius 3 is 1.14 bits per heavy atom. The van der Waals surface area contributed by atoms with E-state index in [-0.39, 0.29) is 40.3 Å². The summed E-state index contributed by atoms with van der Waals surface area (Å²) in [5, 5.41) is 0.299. The van der Waals surface area contributed by atoms with Crippen LogP contribution in [0.25, 0.3) is 0 Å². The lowest BCUT2D eigenvalue weighted by Crippen LogP contribution is -2.46. The molecule has 0 aromatic carbocycles. The van der Waals surface area contributed by atoms with Gasteiger partial charge in [-0.2, -0.15) is 0 Å². The topological polar surface area (TPSA) is 84.0 Å². The second-order valence-corrected chi connectivity index (χ2v) is 20.4. The Kier molecular flexibility index (Phi) is 28.4. The maximum absolute atomic E-state index is 12.0. The number of nitrogens with zero attached hydrogens (tertiary/aromatic N) is 4. The molecule has 4 atom stereocenters. The number of hydrogen-bond donors (Lipinski definition) is 0.